The van der Waals surface area contributed by atoms with E-state index in [0.717, 1.165) is 21.1 Å². The minimum absolute atomic E-state index is 0.128. The van der Waals surface area contributed by atoms with Crippen molar-refractivity contribution in [2.24, 2.45) is 0 Å². The summed E-state index contributed by atoms with van der Waals surface area (Å²) in [7, 11) is -0.475. The number of hydrogen-bond donors (Lipinski definition) is 1. The van der Waals surface area contributed by atoms with E-state index >= 15 is 0 Å². The first kappa shape index (κ1) is 19.1. The Bertz CT molecular complexity index is 841. The molecule has 0 bridgehead atoms. The highest BCUT2D eigenvalue weighted by atomic mass is 32.2. The van der Waals surface area contributed by atoms with E-state index in [1.807, 2.05) is 24.3 Å². The molecule has 0 aromatic heterocycles. The lowest BCUT2D eigenvalue weighted by Crippen LogP contribution is -2.22. The van der Waals surface area contributed by atoms with Gasteiger partial charge in [-0.15, -0.1) is 0 Å². The summed E-state index contributed by atoms with van der Waals surface area (Å²) in [5.41, 5.74) is 2.66. The fourth-order valence-corrected chi connectivity index (χ4v) is 3.39. The first-order valence-corrected chi connectivity index (χ1v) is 9.56. The van der Waals surface area contributed by atoms with Crippen molar-refractivity contribution in [2.75, 3.05) is 19.4 Å². The Morgan fingerprint density at radius 3 is 2.20 bits per heavy atom. The molecule has 0 unspecified atom stereocenters. The zero-order chi connectivity index (χ0) is 18.6. The van der Waals surface area contributed by atoms with Gasteiger partial charge in [-0.05, 0) is 35.2 Å². The van der Waals surface area contributed by atoms with Crippen LogP contribution in [0.2, 0.25) is 0 Å². The van der Waals surface area contributed by atoms with E-state index in [1.54, 1.807) is 12.1 Å². The number of hydrogen-bond acceptors (Lipinski definition) is 3. The van der Waals surface area contributed by atoms with Crippen molar-refractivity contribution in [1.82, 2.24) is 4.31 Å². The zero-order valence-corrected chi connectivity index (χ0v) is 15.8. The third-order valence-electron chi connectivity index (χ3n) is 3.92. The number of carbonyl (C=O) groups is 1. The molecule has 0 aliphatic heterocycles. The molecule has 0 aliphatic carbocycles. The molecule has 5 nitrogen and oxygen atoms in total. The monoisotopic (exact) mass is 360 g/mol. The zero-order valence-electron chi connectivity index (χ0n) is 15.0. The van der Waals surface area contributed by atoms with Crippen molar-refractivity contribution in [3.8, 4) is 0 Å². The van der Waals surface area contributed by atoms with Crippen LogP contribution in [0.4, 0.5) is 5.69 Å². The summed E-state index contributed by atoms with van der Waals surface area (Å²) in [5.74, 6) is 0.184. The molecule has 0 radical (unpaired) electrons. The number of benzene rings is 2. The number of sulfonamides is 1. The number of carbonyl (C=O) groups excluding carboxylic acids is 1. The normalized spacial score (nSPS) is 11.8. The lowest BCUT2D eigenvalue weighted by Gasteiger charge is -2.14. The summed E-state index contributed by atoms with van der Waals surface area (Å²) in [6.07, 6.45) is 0.189. The highest BCUT2D eigenvalue weighted by molar-refractivity contribution is 7.89. The van der Waals surface area contributed by atoms with E-state index < -0.39 is 10.0 Å². The summed E-state index contributed by atoms with van der Waals surface area (Å²) in [4.78, 5) is 12.5. The predicted octanol–water partition coefficient (Wildman–Crippen LogP) is 3.24. The average molecular weight is 360 g/mol. The summed E-state index contributed by atoms with van der Waals surface area (Å²) < 4.78 is 25.3. The molecular formula is C19H24N2O3S. The van der Waals surface area contributed by atoms with Crippen LogP contribution >= 0.6 is 0 Å². The van der Waals surface area contributed by atoms with Gasteiger partial charge in [0, 0.05) is 19.8 Å². The maximum atomic E-state index is 12.3. The van der Waals surface area contributed by atoms with E-state index in [4.69, 9.17) is 0 Å². The minimum atomic E-state index is -3.45. The van der Waals surface area contributed by atoms with Gasteiger partial charge in [0.05, 0.1) is 11.3 Å². The van der Waals surface area contributed by atoms with Crippen molar-refractivity contribution in [1.29, 1.82) is 0 Å². The van der Waals surface area contributed by atoms with E-state index in [9.17, 15) is 13.2 Å². The molecule has 0 aliphatic rings. The van der Waals surface area contributed by atoms with Gasteiger partial charge in [-0.25, -0.2) is 12.7 Å². The molecular weight excluding hydrogens is 336 g/mol. The van der Waals surface area contributed by atoms with Crippen LogP contribution in [-0.2, 0) is 21.2 Å². The summed E-state index contributed by atoms with van der Waals surface area (Å²) in [5, 5.41) is 2.94. The van der Waals surface area contributed by atoms with Crippen LogP contribution in [-0.4, -0.2) is 32.7 Å². The Morgan fingerprint density at radius 1 is 1.04 bits per heavy atom. The third-order valence-corrected chi connectivity index (χ3v) is 5.75. The molecule has 0 atom stereocenters. The Hall–Kier alpha value is -2.18. The highest BCUT2D eigenvalue weighted by Crippen LogP contribution is 2.24. The van der Waals surface area contributed by atoms with Gasteiger partial charge in [-0.3, -0.25) is 4.79 Å². The van der Waals surface area contributed by atoms with Gasteiger partial charge in [-0.1, -0.05) is 44.2 Å². The van der Waals surface area contributed by atoms with Gasteiger partial charge >= 0.3 is 0 Å². The molecule has 134 valence electrons. The van der Waals surface area contributed by atoms with Crippen LogP contribution in [0.3, 0.4) is 0 Å². The molecule has 0 saturated heterocycles. The maximum Gasteiger partial charge on any atom is 0.242 e. The second-order valence-electron chi connectivity index (χ2n) is 6.40. The molecule has 1 N–H and O–H groups in total. The second-order valence-corrected chi connectivity index (χ2v) is 8.55. The van der Waals surface area contributed by atoms with Gasteiger partial charge in [0.25, 0.3) is 0 Å². The fraction of sp³-hybridized carbons (Fsp3) is 0.316. The van der Waals surface area contributed by atoms with E-state index in [1.165, 1.54) is 26.2 Å². The number of nitrogens with zero attached hydrogens (tertiary/aromatic N) is 1. The lowest BCUT2D eigenvalue weighted by atomic mass is 10.0. The molecule has 2 rings (SSSR count). The standard InChI is InChI=1S/C19H24N2O3S/c1-14(2)17-7-5-6-8-18(17)20-19(22)13-15-9-11-16(12-10-15)25(23,24)21(3)4/h5-12,14H,13H2,1-4H3,(H,20,22). The molecule has 6 heteroatoms. The molecule has 0 heterocycles. The van der Waals surface area contributed by atoms with Crippen LogP contribution in [0.1, 0.15) is 30.9 Å². The largest absolute Gasteiger partial charge is 0.326 e. The van der Waals surface area contributed by atoms with Gasteiger partial charge in [0.15, 0.2) is 0 Å². The minimum Gasteiger partial charge on any atom is -0.326 e. The average Bonchev–Trinajstić information content (AvgIpc) is 2.55. The third kappa shape index (κ3) is 4.67. The molecule has 2 aromatic rings. The first-order chi connectivity index (χ1) is 11.7. The Kier molecular flexibility index (Phi) is 5.98. The van der Waals surface area contributed by atoms with Crippen LogP contribution < -0.4 is 5.32 Å². The molecule has 0 fully saturated rings. The second kappa shape index (κ2) is 7.80. The highest BCUT2D eigenvalue weighted by Gasteiger charge is 2.17. The van der Waals surface area contributed by atoms with Crippen molar-refractivity contribution >= 4 is 21.6 Å². The summed E-state index contributed by atoms with van der Waals surface area (Å²) in [6, 6.07) is 14.1. The van der Waals surface area contributed by atoms with Crippen LogP contribution in [0, 0.1) is 0 Å². The van der Waals surface area contributed by atoms with E-state index in [-0.39, 0.29) is 17.2 Å². The molecule has 0 spiro atoms. The van der Waals surface area contributed by atoms with E-state index in [0.29, 0.717) is 5.92 Å². The van der Waals surface area contributed by atoms with Gasteiger partial charge in [0.1, 0.15) is 0 Å². The lowest BCUT2D eigenvalue weighted by molar-refractivity contribution is -0.115. The smallest absolute Gasteiger partial charge is 0.242 e. The van der Waals surface area contributed by atoms with Crippen LogP contribution in [0.25, 0.3) is 0 Å². The number of amides is 1. The number of rotatable bonds is 6. The van der Waals surface area contributed by atoms with Crippen molar-refractivity contribution in [3.63, 3.8) is 0 Å². The maximum absolute atomic E-state index is 12.3. The van der Waals surface area contributed by atoms with Gasteiger partial charge < -0.3 is 5.32 Å². The quantitative estimate of drug-likeness (QED) is 0.860. The van der Waals surface area contributed by atoms with Crippen LogP contribution in [0.5, 0.6) is 0 Å². The Labute approximate surface area is 149 Å². The number of anilines is 1. The van der Waals surface area contributed by atoms with Crippen molar-refractivity contribution in [2.45, 2.75) is 31.1 Å². The first-order valence-electron chi connectivity index (χ1n) is 8.12. The van der Waals surface area contributed by atoms with Crippen LogP contribution in [0.15, 0.2) is 53.4 Å². The van der Waals surface area contributed by atoms with Gasteiger partial charge in [-0.2, -0.15) is 0 Å². The summed E-state index contributed by atoms with van der Waals surface area (Å²) >= 11 is 0. The van der Waals surface area contributed by atoms with Crippen molar-refractivity contribution < 1.29 is 13.2 Å². The molecule has 1 amide bonds. The summed E-state index contributed by atoms with van der Waals surface area (Å²) in [6.45, 7) is 4.16. The molecule has 0 saturated carbocycles. The topological polar surface area (TPSA) is 66.5 Å². The molecule has 25 heavy (non-hydrogen) atoms. The Morgan fingerprint density at radius 2 is 1.64 bits per heavy atom. The number of nitrogens with one attached hydrogen (secondary N) is 1. The van der Waals surface area contributed by atoms with E-state index in [2.05, 4.69) is 19.2 Å². The fourth-order valence-electron chi connectivity index (χ4n) is 2.48. The molecule has 2 aromatic carbocycles. The van der Waals surface area contributed by atoms with Gasteiger partial charge in [0.2, 0.25) is 15.9 Å². The number of para-hydroxylation sites is 1. The Balaban J connectivity index is 2.09. The van der Waals surface area contributed by atoms with Crippen molar-refractivity contribution in [3.05, 3.63) is 59.7 Å². The SMILES string of the molecule is CC(C)c1ccccc1NC(=O)Cc1ccc(S(=O)(=O)N(C)C)cc1. The predicted molar refractivity (Wildman–Crippen MR) is 100 cm³/mol.